The molecule has 0 saturated carbocycles. The Morgan fingerprint density at radius 2 is 2.00 bits per heavy atom. The van der Waals surface area contributed by atoms with Crippen LogP contribution in [0, 0.1) is 11.8 Å². The van der Waals surface area contributed by atoms with Crippen LogP contribution in [0.4, 0.5) is 0 Å². The van der Waals surface area contributed by atoms with Gasteiger partial charge in [-0.2, -0.15) is 0 Å². The molecule has 3 aliphatic heterocycles. The molecule has 3 rings (SSSR count). The maximum atomic E-state index is 12.8. The van der Waals surface area contributed by atoms with Gasteiger partial charge < -0.3 is 29.7 Å². The third kappa shape index (κ3) is 2.94. The summed E-state index contributed by atoms with van der Waals surface area (Å²) in [5, 5.41) is 31.5. The Hall–Kier alpha value is -1.48. The first kappa shape index (κ1) is 19.3. The normalized spacial score (nSPS) is 41.8. The van der Waals surface area contributed by atoms with Crippen LogP contribution in [0.1, 0.15) is 27.2 Å². The predicted molar refractivity (Wildman–Crippen MR) is 89.0 cm³/mol. The number of rotatable bonds is 2. The lowest BCUT2D eigenvalue weighted by atomic mass is 9.78. The third-order valence-corrected chi connectivity index (χ3v) is 5.97. The summed E-state index contributed by atoms with van der Waals surface area (Å²) in [6.45, 7) is 6.12. The van der Waals surface area contributed by atoms with Crippen LogP contribution in [0.2, 0.25) is 0 Å². The molecular formula is C18H28NO7+. The molecule has 0 amide bonds. The van der Waals surface area contributed by atoms with Crippen molar-refractivity contribution in [2.24, 2.45) is 11.8 Å². The van der Waals surface area contributed by atoms with Crippen molar-refractivity contribution in [1.29, 1.82) is 0 Å². The Bertz CT molecular complexity index is 617. The van der Waals surface area contributed by atoms with E-state index in [9.17, 15) is 24.9 Å². The number of ether oxygens (including phenoxy) is 2. The van der Waals surface area contributed by atoms with E-state index in [0.717, 1.165) is 18.7 Å². The van der Waals surface area contributed by atoms with Crippen molar-refractivity contribution in [3.05, 3.63) is 11.6 Å². The van der Waals surface area contributed by atoms with E-state index in [0.29, 0.717) is 6.42 Å². The third-order valence-electron chi connectivity index (χ3n) is 5.97. The van der Waals surface area contributed by atoms with Crippen molar-refractivity contribution in [1.82, 2.24) is 0 Å². The molecule has 7 atom stereocenters. The van der Waals surface area contributed by atoms with E-state index >= 15 is 0 Å². The van der Waals surface area contributed by atoms with Gasteiger partial charge in [0, 0.05) is 12.0 Å². The largest absolute Gasteiger partial charge is 0.459 e. The van der Waals surface area contributed by atoms with E-state index < -0.39 is 41.6 Å². The van der Waals surface area contributed by atoms with Gasteiger partial charge in [0.05, 0.1) is 25.1 Å². The number of carbonyl (C=O) groups is 2. The molecular weight excluding hydrogens is 342 g/mol. The summed E-state index contributed by atoms with van der Waals surface area (Å²) in [5.74, 6) is -3.39. The van der Waals surface area contributed by atoms with Crippen LogP contribution in [0.25, 0.3) is 0 Å². The summed E-state index contributed by atoms with van der Waals surface area (Å²) in [4.78, 5) is 26.7. The number of hydrogen-bond donors (Lipinski definition) is 4. The van der Waals surface area contributed by atoms with Gasteiger partial charge in [-0.1, -0.05) is 13.8 Å². The van der Waals surface area contributed by atoms with Crippen molar-refractivity contribution in [2.45, 2.75) is 57.1 Å². The number of nitrogens with one attached hydrogen (secondary N) is 1. The Morgan fingerprint density at radius 1 is 1.31 bits per heavy atom. The summed E-state index contributed by atoms with van der Waals surface area (Å²) in [6.07, 6.45) is -1.17. The highest BCUT2D eigenvalue weighted by Crippen LogP contribution is 2.32. The molecule has 3 heterocycles. The molecule has 0 aliphatic carbocycles. The lowest BCUT2D eigenvalue weighted by Crippen LogP contribution is -3.12. The molecule has 0 bridgehead atoms. The quantitative estimate of drug-likeness (QED) is 0.322. The van der Waals surface area contributed by atoms with Crippen LogP contribution in [0.5, 0.6) is 0 Å². The smallest absolute Gasteiger partial charge is 0.344 e. The van der Waals surface area contributed by atoms with Crippen molar-refractivity contribution < 1.29 is 39.3 Å². The summed E-state index contributed by atoms with van der Waals surface area (Å²) in [5.41, 5.74) is -1.77. The second kappa shape index (κ2) is 6.92. The van der Waals surface area contributed by atoms with Crippen LogP contribution < -0.4 is 4.90 Å². The highest BCUT2D eigenvalue weighted by molar-refractivity contribution is 5.83. The fraction of sp³-hybridized carbons (Fsp3) is 0.778. The number of cyclic esters (lactones) is 1. The maximum absolute atomic E-state index is 12.8. The molecule has 8 nitrogen and oxygen atoms in total. The minimum absolute atomic E-state index is 0.0604. The first-order valence-electron chi connectivity index (χ1n) is 9.17. The molecule has 0 spiro atoms. The second-order valence-electron chi connectivity index (χ2n) is 7.93. The van der Waals surface area contributed by atoms with Gasteiger partial charge in [-0.15, -0.1) is 0 Å². The van der Waals surface area contributed by atoms with Crippen LogP contribution in [-0.4, -0.2) is 76.9 Å². The number of aliphatic hydroxyl groups excluding tert-OH is 2. The molecule has 0 aromatic heterocycles. The standard InChI is InChI=1S/C18H27NO7/c1-9(2)13-15(21)18(24,10(3)20)17(23)25-8-11-4-6-19-7-5-12(14(11)19)26-16(13)22/h4,9-10,12-15,20-21,24H,5-8H2,1-3H3/p+1. The van der Waals surface area contributed by atoms with Gasteiger partial charge in [-0.05, 0) is 18.9 Å². The van der Waals surface area contributed by atoms with Crippen LogP contribution in [0.3, 0.4) is 0 Å². The van der Waals surface area contributed by atoms with E-state index in [1.807, 2.05) is 6.08 Å². The number of aliphatic hydroxyl groups is 3. The molecule has 8 heteroatoms. The fourth-order valence-corrected chi connectivity index (χ4v) is 4.38. The van der Waals surface area contributed by atoms with Gasteiger partial charge in [0.1, 0.15) is 12.7 Å². The number of hydrogen-bond acceptors (Lipinski definition) is 7. The molecule has 146 valence electrons. The molecule has 7 unspecified atom stereocenters. The highest BCUT2D eigenvalue weighted by atomic mass is 16.6. The fourth-order valence-electron chi connectivity index (χ4n) is 4.38. The Kier molecular flexibility index (Phi) is 5.13. The Labute approximate surface area is 152 Å². The first-order chi connectivity index (χ1) is 12.2. The average Bonchev–Trinajstić information content (AvgIpc) is 3.13. The van der Waals surface area contributed by atoms with Crippen LogP contribution >= 0.6 is 0 Å². The van der Waals surface area contributed by atoms with Gasteiger partial charge in [0.25, 0.3) is 0 Å². The van der Waals surface area contributed by atoms with Crippen LogP contribution in [0.15, 0.2) is 11.6 Å². The number of esters is 2. The van der Waals surface area contributed by atoms with Gasteiger partial charge in [0.15, 0.2) is 12.1 Å². The van der Waals surface area contributed by atoms with Crippen molar-refractivity contribution in [3.8, 4) is 0 Å². The van der Waals surface area contributed by atoms with Crippen LogP contribution in [-0.2, 0) is 19.1 Å². The minimum Gasteiger partial charge on any atom is -0.459 e. The van der Waals surface area contributed by atoms with E-state index in [1.165, 1.54) is 11.8 Å². The summed E-state index contributed by atoms with van der Waals surface area (Å²) < 4.78 is 11.0. The van der Waals surface area contributed by atoms with Crippen molar-refractivity contribution in [3.63, 3.8) is 0 Å². The van der Waals surface area contributed by atoms with E-state index in [-0.39, 0.29) is 18.8 Å². The lowest BCUT2D eigenvalue weighted by Gasteiger charge is -2.37. The minimum atomic E-state index is -2.61. The van der Waals surface area contributed by atoms with E-state index in [2.05, 4.69) is 0 Å². The molecule has 0 aromatic rings. The Morgan fingerprint density at radius 3 is 2.62 bits per heavy atom. The number of carbonyl (C=O) groups excluding carboxylic acids is 2. The molecule has 26 heavy (non-hydrogen) atoms. The monoisotopic (exact) mass is 370 g/mol. The Balaban J connectivity index is 2.01. The van der Waals surface area contributed by atoms with Gasteiger partial charge >= 0.3 is 11.9 Å². The molecule has 4 N–H and O–H groups in total. The molecule has 0 aromatic carbocycles. The molecule has 0 radical (unpaired) electrons. The number of quaternary nitrogens is 1. The molecule has 3 aliphatic rings. The predicted octanol–water partition coefficient (Wildman–Crippen LogP) is -2.20. The molecule has 2 saturated heterocycles. The average molecular weight is 370 g/mol. The second-order valence-corrected chi connectivity index (χ2v) is 7.93. The van der Waals surface area contributed by atoms with E-state index in [1.54, 1.807) is 13.8 Å². The summed E-state index contributed by atoms with van der Waals surface area (Å²) in [7, 11) is 0. The van der Waals surface area contributed by atoms with E-state index in [4.69, 9.17) is 9.47 Å². The SMILES string of the molecule is CC(C)C1C(=O)OC2CC[NH+]3CC=C(COC(=O)C(O)(C(C)O)C1O)C23. The zero-order chi connectivity index (χ0) is 19.2. The zero-order valence-corrected chi connectivity index (χ0v) is 15.3. The highest BCUT2D eigenvalue weighted by Gasteiger charge is 2.56. The molecule has 2 fully saturated rings. The summed E-state index contributed by atoms with van der Waals surface area (Å²) >= 11 is 0. The maximum Gasteiger partial charge on any atom is 0.344 e. The summed E-state index contributed by atoms with van der Waals surface area (Å²) in [6, 6.07) is -0.0746. The topological polar surface area (TPSA) is 118 Å². The van der Waals surface area contributed by atoms with Gasteiger partial charge in [0.2, 0.25) is 5.60 Å². The van der Waals surface area contributed by atoms with Gasteiger partial charge in [-0.25, -0.2) is 4.79 Å². The van der Waals surface area contributed by atoms with Crippen molar-refractivity contribution in [2.75, 3.05) is 19.7 Å². The first-order valence-corrected chi connectivity index (χ1v) is 9.17. The zero-order valence-electron chi connectivity index (χ0n) is 15.3. The lowest BCUT2D eigenvalue weighted by molar-refractivity contribution is -0.896. The van der Waals surface area contributed by atoms with Crippen molar-refractivity contribution >= 4 is 11.9 Å². The van der Waals surface area contributed by atoms with Gasteiger partial charge in [-0.3, -0.25) is 4.79 Å².